The van der Waals surface area contributed by atoms with Gasteiger partial charge >= 0.3 is 0 Å². The molecular formula is C25H33ClN4O3S. The number of piperidine rings is 1. The Labute approximate surface area is 207 Å². The number of carbonyl (C=O) groups is 1. The number of hydrogen-bond donors (Lipinski definition) is 1. The van der Waals surface area contributed by atoms with E-state index in [1.165, 1.54) is 47.3 Å². The molecule has 0 spiro atoms. The highest BCUT2D eigenvalue weighted by Gasteiger charge is 2.28. The summed E-state index contributed by atoms with van der Waals surface area (Å²) in [7, 11) is -1.71. The van der Waals surface area contributed by atoms with Gasteiger partial charge in [-0.05, 0) is 62.3 Å². The molecule has 0 aromatic heterocycles. The first-order valence-corrected chi connectivity index (χ1v) is 13.7. The third-order valence-corrected chi connectivity index (χ3v) is 8.91. The summed E-state index contributed by atoms with van der Waals surface area (Å²) in [6.45, 7) is 5.64. The molecule has 2 fully saturated rings. The number of benzene rings is 2. The second kappa shape index (κ2) is 11.2. The van der Waals surface area contributed by atoms with Crippen LogP contribution in [0, 0.1) is 0 Å². The Kier molecular flexibility index (Phi) is 8.26. The number of sulfonamides is 1. The Morgan fingerprint density at radius 3 is 2.32 bits per heavy atom. The molecule has 0 saturated carbocycles. The number of likely N-dealkylation sites (N-methyl/N-ethyl adjacent to an activating group) is 1. The van der Waals surface area contributed by atoms with Crippen LogP contribution in [0.4, 0.5) is 0 Å². The monoisotopic (exact) mass is 504 g/mol. The molecule has 4 rings (SSSR count). The van der Waals surface area contributed by atoms with Gasteiger partial charge in [0.25, 0.3) is 5.91 Å². The molecule has 2 heterocycles. The van der Waals surface area contributed by atoms with Crippen LogP contribution >= 0.6 is 11.6 Å². The van der Waals surface area contributed by atoms with E-state index in [9.17, 15) is 13.2 Å². The minimum Gasteiger partial charge on any atom is -0.348 e. The topological polar surface area (TPSA) is 73.0 Å². The van der Waals surface area contributed by atoms with Gasteiger partial charge in [0.15, 0.2) is 0 Å². The Hall–Kier alpha value is -1.97. The standard InChI is InChI=1S/C25H33ClN4O3S/c1-28-13-15-30(16-14-28)34(32,33)22-9-10-24(26)23(17-22)25(31)27-18-20-7-3-4-8-21(20)19-29-11-5-2-6-12-29/h3-4,7-10,17H,2,5-6,11-16,18-19H2,1H3,(H,27,31). The van der Waals surface area contributed by atoms with E-state index in [0.717, 1.165) is 25.2 Å². The summed E-state index contributed by atoms with van der Waals surface area (Å²) in [5, 5.41) is 3.17. The Bertz CT molecular complexity index is 1110. The summed E-state index contributed by atoms with van der Waals surface area (Å²) in [6.07, 6.45) is 3.74. The predicted molar refractivity (Wildman–Crippen MR) is 134 cm³/mol. The van der Waals surface area contributed by atoms with E-state index in [1.54, 1.807) is 0 Å². The fraction of sp³-hybridized carbons (Fsp3) is 0.480. The average molecular weight is 505 g/mol. The van der Waals surface area contributed by atoms with E-state index >= 15 is 0 Å². The van der Waals surface area contributed by atoms with Gasteiger partial charge in [-0.1, -0.05) is 42.3 Å². The molecule has 0 atom stereocenters. The minimum atomic E-state index is -3.69. The van der Waals surface area contributed by atoms with Gasteiger partial charge in [0.05, 0.1) is 15.5 Å². The van der Waals surface area contributed by atoms with Crippen molar-refractivity contribution in [2.24, 2.45) is 0 Å². The molecule has 7 nitrogen and oxygen atoms in total. The number of halogens is 1. The Morgan fingerprint density at radius 2 is 1.62 bits per heavy atom. The largest absolute Gasteiger partial charge is 0.348 e. The van der Waals surface area contributed by atoms with E-state index in [0.29, 0.717) is 32.7 Å². The fourth-order valence-electron chi connectivity index (χ4n) is 4.53. The van der Waals surface area contributed by atoms with Gasteiger partial charge < -0.3 is 10.2 Å². The van der Waals surface area contributed by atoms with E-state index in [4.69, 9.17) is 11.6 Å². The molecule has 0 aliphatic carbocycles. The van der Waals surface area contributed by atoms with Crippen molar-refractivity contribution in [2.45, 2.75) is 37.2 Å². The Morgan fingerprint density at radius 1 is 0.941 bits per heavy atom. The van der Waals surface area contributed by atoms with Gasteiger partial charge in [-0.25, -0.2) is 8.42 Å². The van der Waals surface area contributed by atoms with Crippen molar-refractivity contribution in [1.29, 1.82) is 0 Å². The normalized spacial score (nSPS) is 18.6. The van der Waals surface area contributed by atoms with E-state index in [2.05, 4.69) is 21.2 Å². The molecule has 184 valence electrons. The number of carbonyl (C=O) groups excluding carboxylic acids is 1. The van der Waals surface area contributed by atoms with E-state index in [-0.39, 0.29) is 21.4 Å². The van der Waals surface area contributed by atoms with Gasteiger partial charge in [0, 0.05) is 39.3 Å². The Balaban J connectivity index is 1.46. The molecule has 2 aromatic rings. The molecule has 0 bridgehead atoms. The molecular weight excluding hydrogens is 472 g/mol. The molecule has 9 heteroatoms. The summed E-state index contributed by atoms with van der Waals surface area (Å²) in [4.78, 5) is 17.7. The maximum atomic E-state index is 13.1. The van der Waals surface area contributed by atoms with Crippen LogP contribution in [0.3, 0.4) is 0 Å². The summed E-state index contributed by atoms with van der Waals surface area (Å²) in [5.74, 6) is -0.381. The van der Waals surface area contributed by atoms with Crippen molar-refractivity contribution in [3.8, 4) is 0 Å². The highest BCUT2D eigenvalue weighted by Crippen LogP contribution is 2.24. The third kappa shape index (κ3) is 5.98. The highest BCUT2D eigenvalue weighted by molar-refractivity contribution is 7.89. The van der Waals surface area contributed by atoms with Crippen LogP contribution in [0.15, 0.2) is 47.4 Å². The minimum absolute atomic E-state index is 0.0945. The van der Waals surface area contributed by atoms with Crippen LogP contribution in [0.5, 0.6) is 0 Å². The van der Waals surface area contributed by atoms with Crippen molar-refractivity contribution >= 4 is 27.5 Å². The highest BCUT2D eigenvalue weighted by atomic mass is 35.5. The van der Waals surface area contributed by atoms with Crippen molar-refractivity contribution in [3.05, 3.63) is 64.2 Å². The zero-order chi connectivity index (χ0) is 24.1. The number of rotatable bonds is 7. The van der Waals surface area contributed by atoms with E-state index < -0.39 is 10.0 Å². The first-order chi connectivity index (χ1) is 16.3. The molecule has 2 saturated heterocycles. The SMILES string of the molecule is CN1CCN(S(=O)(=O)c2ccc(Cl)c(C(=O)NCc3ccccc3CN3CCCCC3)c2)CC1. The molecule has 1 amide bonds. The van der Waals surface area contributed by atoms with Crippen molar-refractivity contribution in [2.75, 3.05) is 46.3 Å². The van der Waals surface area contributed by atoms with Crippen molar-refractivity contribution in [1.82, 2.24) is 19.4 Å². The molecule has 1 N–H and O–H groups in total. The van der Waals surface area contributed by atoms with Gasteiger partial charge in [-0.2, -0.15) is 4.31 Å². The maximum absolute atomic E-state index is 13.1. The summed E-state index contributed by atoms with van der Waals surface area (Å²) in [5.41, 5.74) is 2.42. The van der Waals surface area contributed by atoms with Crippen LogP contribution in [0.25, 0.3) is 0 Å². The number of nitrogens with one attached hydrogen (secondary N) is 1. The van der Waals surface area contributed by atoms with Gasteiger partial charge in [0.2, 0.25) is 10.0 Å². The second-order valence-electron chi connectivity index (χ2n) is 9.14. The van der Waals surface area contributed by atoms with Crippen LogP contribution in [0.2, 0.25) is 5.02 Å². The lowest BCUT2D eigenvalue weighted by molar-refractivity contribution is 0.0950. The number of likely N-dealkylation sites (tertiary alicyclic amines) is 1. The lowest BCUT2D eigenvalue weighted by Gasteiger charge is -2.31. The zero-order valence-corrected chi connectivity index (χ0v) is 21.2. The number of amides is 1. The van der Waals surface area contributed by atoms with Crippen LogP contribution in [-0.2, 0) is 23.1 Å². The summed E-state index contributed by atoms with van der Waals surface area (Å²) >= 11 is 6.31. The third-order valence-electron chi connectivity index (χ3n) is 6.68. The molecule has 2 aliphatic rings. The van der Waals surface area contributed by atoms with Crippen molar-refractivity contribution in [3.63, 3.8) is 0 Å². The molecule has 0 radical (unpaired) electrons. The maximum Gasteiger partial charge on any atom is 0.253 e. The first-order valence-electron chi connectivity index (χ1n) is 11.9. The first kappa shape index (κ1) is 25.1. The number of piperazine rings is 1. The number of hydrogen-bond acceptors (Lipinski definition) is 5. The van der Waals surface area contributed by atoms with Gasteiger partial charge in [0.1, 0.15) is 0 Å². The lowest BCUT2D eigenvalue weighted by Crippen LogP contribution is -2.47. The fourth-order valence-corrected chi connectivity index (χ4v) is 6.18. The predicted octanol–water partition coefficient (Wildman–Crippen LogP) is 3.19. The quantitative estimate of drug-likeness (QED) is 0.627. The van der Waals surface area contributed by atoms with Gasteiger partial charge in [-0.15, -0.1) is 0 Å². The zero-order valence-electron chi connectivity index (χ0n) is 19.7. The second-order valence-corrected chi connectivity index (χ2v) is 11.5. The molecule has 2 aromatic carbocycles. The van der Waals surface area contributed by atoms with E-state index in [1.807, 2.05) is 25.2 Å². The van der Waals surface area contributed by atoms with Crippen LogP contribution < -0.4 is 5.32 Å². The smallest absolute Gasteiger partial charge is 0.253 e. The van der Waals surface area contributed by atoms with Crippen LogP contribution in [0.1, 0.15) is 40.7 Å². The summed E-state index contributed by atoms with van der Waals surface area (Å²) < 4.78 is 27.7. The summed E-state index contributed by atoms with van der Waals surface area (Å²) in [6, 6.07) is 12.5. The number of nitrogens with zero attached hydrogens (tertiary/aromatic N) is 3. The van der Waals surface area contributed by atoms with Crippen LogP contribution in [-0.4, -0.2) is 74.7 Å². The average Bonchev–Trinajstić information content (AvgIpc) is 2.84. The molecule has 0 unspecified atom stereocenters. The van der Waals surface area contributed by atoms with Crippen molar-refractivity contribution < 1.29 is 13.2 Å². The van der Waals surface area contributed by atoms with Gasteiger partial charge in [-0.3, -0.25) is 9.69 Å². The molecule has 2 aliphatic heterocycles. The molecule has 34 heavy (non-hydrogen) atoms. The lowest BCUT2D eigenvalue weighted by atomic mass is 10.0.